The molecule has 0 unspecified atom stereocenters. The van der Waals surface area contributed by atoms with E-state index in [9.17, 15) is 4.79 Å². The maximum Gasteiger partial charge on any atom is 0.338 e. The normalized spacial score (nSPS) is 11.2. The standard InChI is InChI=1S/C14H13N3O3S/c1-8(2)17-5-10(4-15-17)13-16-11(7-21-13)12-3-9(6-20-12)14(18)19/h3-8H,1-2H3,(H,18,19). The quantitative estimate of drug-likeness (QED) is 0.797. The number of carboxylic acid groups (broad SMARTS) is 1. The lowest BCUT2D eigenvalue weighted by Crippen LogP contribution is -1.99. The van der Waals surface area contributed by atoms with E-state index < -0.39 is 5.97 Å². The van der Waals surface area contributed by atoms with E-state index in [2.05, 4.69) is 23.9 Å². The van der Waals surface area contributed by atoms with Crippen molar-refractivity contribution in [3.05, 3.63) is 35.7 Å². The van der Waals surface area contributed by atoms with Gasteiger partial charge in [-0.15, -0.1) is 11.3 Å². The lowest BCUT2D eigenvalue weighted by molar-refractivity contribution is 0.0696. The van der Waals surface area contributed by atoms with Crippen LogP contribution in [0.15, 0.2) is 34.5 Å². The lowest BCUT2D eigenvalue weighted by atomic mass is 10.3. The summed E-state index contributed by atoms with van der Waals surface area (Å²) < 4.78 is 7.11. The van der Waals surface area contributed by atoms with Gasteiger partial charge in [-0.1, -0.05) is 0 Å². The number of carboxylic acids is 1. The average Bonchev–Trinajstić information content (AvgIpc) is 3.18. The number of thiazole rings is 1. The van der Waals surface area contributed by atoms with Gasteiger partial charge in [0.05, 0.1) is 11.8 Å². The van der Waals surface area contributed by atoms with Crippen LogP contribution in [-0.2, 0) is 0 Å². The van der Waals surface area contributed by atoms with Crippen LogP contribution in [0, 0.1) is 0 Å². The molecule has 108 valence electrons. The first kappa shape index (κ1) is 13.6. The third-order valence-corrected chi connectivity index (χ3v) is 3.87. The van der Waals surface area contributed by atoms with Gasteiger partial charge in [-0.2, -0.15) is 5.10 Å². The Morgan fingerprint density at radius 3 is 2.90 bits per heavy atom. The average molecular weight is 303 g/mol. The fourth-order valence-corrected chi connectivity index (χ4v) is 2.62. The summed E-state index contributed by atoms with van der Waals surface area (Å²) in [6.45, 7) is 4.11. The largest absolute Gasteiger partial charge is 0.478 e. The number of carbonyl (C=O) groups is 1. The predicted molar refractivity (Wildman–Crippen MR) is 78.4 cm³/mol. The molecule has 7 heteroatoms. The minimum Gasteiger partial charge on any atom is -0.478 e. The highest BCUT2D eigenvalue weighted by Crippen LogP contribution is 2.30. The molecule has 21 heavy (non-hydrogen) atoms. The summed E-state index contributed by atoms with van der Waals surface area (Å²) in [7, 11) is 0. The minimum atomic E-state index is -1.02. The van der Waals surface area contributed by atoms with Crippen molar-refractivity contribution < 1.29 is 14.3 Å². The molecule has 1 N–H and O–H groups in total. The van der Waals surface area contributed by atoms with Crippen molar-refractivity contribution in [3.8, 4) is 22.0 Å². The number of nitrogens with zero attached hydrogens (tertiary/aromatic N) is 3. The van der Waals surface area contributed by atoms with Gasteiger partial charge in [-0.3, -0.25) is 4.68 Å². The van der Waals surface area contributed by atoms with E-state index in [1.165, 1.54) is 23.7 Å². The van der Waals surface area contributed by atoms with Crippen LogP contribution < -0.4 is 0 Å². The monoisotopic (exact) mass is 303 g/mol. The fourth-order valence-electron chi connectivity index (χ4n) is 1.83. The summed E-state index contributed by atoms with van der Waals surface area (Å²) in [5.41, 5.74) is 1.68. The smallest absolute Gasteiger partial charge is 0.338 e. The van der Waals surface area contributed by atoms with Gasteiger partial charge in [0.15, 0.2) is 5.76 Å². The van der Waals surface area contributed by atoms with Crippen LogP contribution in [0.3, 0.4) is 0 Å². The molecular formula is C14H13N3O3S. The van der Waals surface area contributed by atoms with Crippen LogP contribution in [0.25, 0.3) is 22.0 Å². The van der Waals surface area contributed by atoms with Gasteiger partial charge < -0.3 is 9.52 Å². The van der Waals surface area contributed by atoms with E-state index in [-0.39, 0.29) is 5.56 Å². The molecule has 0 spiro atoms. The van der Waals surface area contributed by atoms with Gasteiger partial charge in [-0.05, 0) is 13.8 Å². The van der Waals surface area contributed by atoms with Crippen molar-refractivity contribution in [2.45, 2.75) is 19.9 Å². The molecule has 3 aromatic heterocycles. The Bertz CT molecular complexity index is 785. The second-order valence-electron chi connectivity index (χ2n) is 4.85. The molecule has 3 heterocycles. The summed E-state index contributed by atoms with van der Waals surface area (Å²) in [6, 6.07) is 1.76. The Hall–Kier alpha value is -2.41. The highest BCUT2D eigenvalue weighted by Gasteiger charge is 2.14. The first-order chi connectivity index (χ1) is 10.0. The Labute approximate surface area is 124 Å². The molecule has 0 saturated carbocycles. The van der Waals surface area contributed by atoms with E-state index >= 15 is 0 Å². The van der Waals surface area contributed by atoms with Crippen molar-refractivity contribution >= 4 is 17.3 Å². The van der Waals surface area contributed by atoms with Crippen molar-refractivity contribution in [2.24, 2.45) is 0 Å². The van der Waals surface area contributed by atoms with Crippen molar-refractivity contribution in [1.29, 1.82) is 0 Å². The molecule has 0 aliphatic rings. The van der Waals surface area contributed by atoms with Gasteiger partial charge >= 0.3 is 5.97 Å². The molecule has 6 nitrogen and oxygen atoms in total. The van der Waals surface area contributed by atoms with Gasteiger partial charge in [0.1, 0.15) is 17.0 Å². The Morgan fingerprint density at radius 2 is 2.29 bits per heavy atom. The highest BCUT2D eigenvalue weighted by molar-refractivity contribution is 7.13. The van der Waals surface area contributed by atoms with E-state index in [1.54, 1.807) is 6.20 Å². The molecule has 0 atom stereocenters. The molecule has 0 aliphatic carbocycles. The third kappa shape index (κ3) is 2.59. The molecule has 0 amide bonds. The van der Waals surface area contributed by atoms with Gasteiger partial charge in [0, 0.05) is 29.2 Å². The topological polar surface area (TPSA) is 81.2 Å². The second kappa shape index (κ2) is 5.17. The first-order valence-corrected chi connectivity index (χ1v) is 7.25. The Morgan fingerprint density at radius 1 is 1.48 bits per heavy atom. The first-order valence-electron chi connectivity index (χ1n) is 6.37. The lowest BCUT2D eigenvalue weighted by Gasteiger charge is -2.02. The van der Waals surface area contributed by atoms with Crippen molar-refractivity contribution in [2.75, 3.05) is 0 Å². The second-order valence-corrected chi connectivity index (χ2v) is 5.70. The molecule has 0 bridgehead atoms. The van der Waals surface area contributed by atoms with Crippen LogP contribution in [0.1, 0.15) is 30.2 Å². The zero-order chi connectivity index (χ0) is 15.0. The van der Waals surface area contributed by atoms with Crippen LogP contribution in [0.4, 0.5) is 0 Å². The minimum absolute atomic E-state index is 0.118. The molecule has 0 aromatic carbocycles. The number of aromatic carboxylic acids is 1. The van der Waals surface area contributed by atoms with E-state index in [1.807, 2.05) is 16.3 Å². The van der Waals surface area contributed by atoms with E-state index in [0.29, 0.717) is 17.5 Å². The van der Waals surface area contributed by atoms with Gasteiger partial charge in [-0.25, -0.2) is 9.78 Å². The SMILES string of the molecule is CC(C)n1cc(-c2nc(-c3cc(C(=O)O)co3)cs2)cn1. The number of hydrogen-bond acceptors (Lipinski definition) is 5. The summed E-state index contributed by atoms with van der Waals surface area (Å²) >= 11 is 1.47. The molecule has 0 aliphatic heterocycles. The molecule has 0 saturated heterocycles. The zero-order valence-electron chi connectivity index (χ0n) is 11.5. The Balaban J connectivity index is 1.89. The summed E-state index contributed by atoms with van der Waals surface area (Å²) in [4.78, 5) is 15.3. The predicted octanol–water partition coefficient (Wildman–Crippen LogP) is 3.55. The maximum absolute atomic E-state index is 10.9. The Kier molecular flexibility index (Phi) is 3.34. The molecular weight excluding hydrogens is 290 g/mol. The summed E-state index contributed by atoms with van der Waals surface area (Å²) in [6.07, 6.45) is 4.93. The zero-order valence-corrected chi connectivity index (χ0v) is 12.3. The van der Waals surface area contributed by atoms with Crippen LogP contribution in [0.5, 0.6) is 0 Å². The van der Waals surface area contributed by atoms with Gasteiger partial charge in [0.25, 0.3) is 0 Å². The van der Waals surface area contributed by atoms with Crippen molar-refractivity contribution in [1.82, 2.24) is 14.8 Å². The van der Waals surface area contributed by atoms with Crippen LogP contribution in [0.2, 0.25) is 0 Å². The fraction of sp³-hybridized carbons (Fsp3) is 0.214. The van der Waals surface area contributed by atoms with E-state index in [0.717, 1.165) is 10.6 Å². The molecule has 3 rings (SSSR count). The summed E-state index contributed by atoms with van der Waals surface area (Å²) in [5.74, 6) is -0.565. The summed E-state index contributed by atoms with van der Waals surface area (Å²) in [5, 5.41) is 15.8. The number of rotatable bonds is 4. The molecule has 3 aromatic rings. The molecule has 0 radical (unpaired) electrons. The third-order valence-electron chi connectivity index (χ3n) is 2.98. The van der Waals surface area contributed by atoms with Gasteiger partial charge in [0.2, 0.25) is 0 Å². The van der Waals surface area contributed by atoms with E-state index in [4.69, 9.17) is 9.52 Å². The highest BCUT2D eigenvalue weighted by atomic mass is 32.1. The van der Waals surface area contributed by atoms with Crippen molar-refractivity contribution in [3.63, 3.8) is 0 Å². The molecule has 0 fully saturated rings. The maximum atomic E-state index is 10.9. The number of furan rings is 1. The van der Waals surface area contributed by atoms with Crippen LogP contribution in [-0.4, -0.2) is 25.8 Å². The number of aromatic nitrogens is 3. The van der Waals surface area contributed by atoms with Crippen LogP contribution >= 0.6 is 11.3 Å². The number of hydrogen-bond donors (Lipinski definition) is 1.